The maximum atomic E-state index is 6.16. The lowest BCUT2D eigenvalue weighted by atomic mass is 10.3. The molecule has 3 rings (SSSR count). The highest BCUT2D eigenvalue weighted by Gasteiger charge is 2.10. The third-order valence-electron chi connectivity index (χ3n) is 3.37. The summed E-state index contributed by atoms with van der Waals surface area (Å²) in [6, 6.07) is 7.50. The first-order valence-electron chi connectivity index (χ1n) is 7.38. The van der Waals surface area contributed by atoms with E-state index in [-0.39, 0.29) is 0 Å². The maximum absolute atomic E-state index is 6.16. The second-order valence-electron chi connectivity index (χ2n) is 5.07. The van der Waals surface area contributed by atoms with Crippen LogP contribution in [-0.4, -0.2) is 32.9 Å². The third kappa shape index (κ3) is 3.84. The zero-order valence-electron chi connectivity index (χ0n) is 13.0. The molecule has 0 bridgehead atoms. The van der Waals surface area contributed by atoms with Crippen molar-refractivity contribution in [3.63, 3.8) is 0 Å². The Morgan fingerprint density at radius 2 is 2.04 bits per heavy atom. The van der Waals surface area contributed by atoms with E-state index in [1.807, 2.05) is 36.5 Å². The number of quaternary nitrogens is 1. The summed E-state index contributed by atoms with van der Waals surface area (Å²) in [7, 11) is 0. The molecule has 1 aromatic carbocycles. The van der Waals surface area contributed by atoms with Crippen molar-refractivity contribution in [3.05, 3.63) is 58.7 Å². The average Bonchev–Trinajstić information content (AvgIpc) is 3.04. The molecule has 0 spiro atoms. The lowest BCUT2D eigenvalue weighted by Crippen LogP contribution is -2.80. The molecule has 124 valence electrons. The first-order valence-corrected chi connectivity index (χ1v) is 8.13. The summed E-state index contributed by atoms with van der Waals surface area (Å²) >= 11 is 12.3. The van der Waals surface area contributed by atoms with Crippen molar-refractivity contribution >= 4 is 29.0 Å². The monoisotopic (exact) mass is 364 g/mol. The highest BCUT2D eigenvalue weighted by atomic mass is 35.5. The van der Waals surface area contributed by atoms with Crippen LogP contribution in [0.5, 0.6) is 5.75 Å². The lowest BCUT2D eigenvalue weighted by Gasteiger charge is -2.05. The van der Waals surface area contributed by atoms with Gasteiger partial charge in [-0.05, 0) is 19.1 Å². The Kier molecular flexibility index (Phi) is 5.30. The fraction of sp³-hybridized carbons (Fsp3) is 0.188. The smallest absolute Gasteiger partial charge is 0.246 e. The maximum Gasteiger partial charge on any atom is 0.246 e. The number of para-hydroxylation sites is 1. The first-order chi connectivity index (χ1) is 11.6. The zero-order valence-corrected chi connectivity index (χ0v) is 14.5. The van der Waals surface area contributed by atoms with Crippen molar-refractivity contribution in [2.45, 2.75) is 6.92 Å². The lowest BCUT2D eigenvalue weighted by molar-refractivity contribution is -0.576. The summed E-state index contributed by atoms with van der Waals surface area (Å²) in [5.74, 6) is 1.40. The Labute approximate surface area is 149 Å². The molecule has 8 heteroatoms. The predicted octanol–water partition coefficient (Wildman–Crippen LogP) is 2.55. The van der Waals surface area contributed by atoms with Gasteiger partial charge in [0.15, 0.2) is 5.75 Å². The topological polar surface area (TPSA) is 69.4 Å². The van der Waals surface area contributed by atoms with Gasteiger partial charge in [0, 0.05) is 0 Å². The predicted molar refractivity (Wildman–Crippen MR) is 92.3 cm³/mol. The van der Waals surface area contributed by atoms with E-state index in [1.165, 1.54) is 6.33 Å². The summed E-state index contributed by atoms with van der Waals surface area (Å²) in [5.41, 5.74) is 1.57. The molecule has 6 nitrogen and oxygen atoms in total. The van der Waals surface area contributed by atoms with Gasteiger partial charge in [0.1, 0.15) is 24.5 Å². The van der Waals surface area contributed by atoms with Crippen molar-refractivity contribution in [1.82, 2.24) is 19.7 Å². The number of nitrogens with zero attached hydrogens (tertiary/aromatic N) is 4. The largest absolute Gasteiger partial charge is 0.484 e. The summed E-state index contributed by atoms with van der Waals surface area (Å²) in [4.78, 5) is 8.19. The molecule has 0 unspecified atom stereocenters. The quantitative estimate of drug-likeness (QED) is 0.682. The molecule has 2 aromatic heterocycles. The van der Waals surface area contributed by atoms with Crippen LogP contribution in [0.1, 0.15) is 5.69 Å². The van der Waals surface area contributed by atoms with Crippen molar-refractivity contribution in [2.24, 2.45) is 0 Å². The van der Waals surface area contributed by atoms with E-state index >= 15 is 0 Å². The molecule has 0 fully saturated rings. The fourth-order valence-corrected chi connectivity index (χ4v) is 2.54. The third-order valence-corrected chi connectivity index (χ3v) is 4.16. The van der Waals surface area contributed by atoms with Crippen molar-refractivity contribution in [3.8, 4) is 11.4 Å². The molecular weight excluding hydrogens is 349 g/mol. The van der Waals surface area contributed by atoms with E-state index in [9.17, 15) is 0 Å². The molecule has 24 heavy (non-hydrogen) atoms. The number of nitrogens with two attached hydrogens (primary N) is 1. The molecule has 0 amide bonds. The number of benzene rings is 1. The number of aromatic nitrogens is 4. The first kappa shape index (κ1) is 16.7. The number of ether oxygens (including phenoxy) is 1. The Hall–Kier alpha value is -2.15. The number of hydrogen-bond donors (Lipinski definition) is 1. The van der Waals surface area contributed by atoms with Gasteiger partial charge in [-0.15, -0.1) is 0 Å². The molecule has 3 aromatic rings. The van der Waals surface area contributed by atoms with E-state index in [0.717, 1.165) is 17.2 Å². The van der Waals surface area contributed by atoms with Crippen molar-refractivity contribution < 1.29 is 10.1 Å². The molecule has 0 atom stereocenters. The standard InChI is InChI=1S/C16H15Cl2N5O/c1-11-15(18)16(21-10-20-11)19-6-7-24-12-8-22-23(9-12)14-5-3-2-4-13(14)17/h2-5,8-10H,6-7H2,1H3,(H,19,20,21)/p+1. The second kappa shape index (κ2) is 7.61. The van der Waals surface area contributed by atoms with Gasteiger partial charge in [-0.2, -0.15) is 10.1 Å². The molecule has 0 aliphatic heterocycles. The number of aryl methyl sites for hydroxylation is 1. The SMILES string of the molecule is Cc1ncnc([NH2+]CCOc2cnn(-c3ccccc3Cl)c2)c1Cl. The van der Waals surface area contributed by atoms with Crippen LogP contribution in [-0.2, 0) is 0 Å². The van der Waals surface area contributed by atoms with E-state index in [2.05, 4.69) is 15.1 Å². The van der Waals surface area contributed by atoms with Crippen molar-refractivity contribution in [2.75, 3.05) is 13.2 Å². The van der Waals surface area contributed by atoms with E-state index in [0.29, 0.717) is 28.9 Å². The molecule has 0 radical (unpaired) electrons. The van der Waals surface area contributed by atoms with E-state index in [4.69, 9.17) is 27.9 Å². The van der Waals surface area contributed by atoms with Crippen LogP contribution in [0.25, 0.3) is 5.69 Å². The Balaban J connectivity index is 1.55. The van der Waals surface area contributed by atoms with Gasteiger partial charge in [-0.3, -0.25) is 5.32 Å². The van der Waals surface area contributed by atoms with Crippen LogP contribution in [0.3, 0.4) is 0 Å². The van der Waals surface area contributed by atoms with Crippen LogP contribution in [0.4, 0.5) is 5.82 Å². The Morgan fingerprint density at radius 3 is 2.88 bits per heavy atom. The van der Waals surface area contributed by atoms with Gasteiger partial charge in [0.25, 0.3) is 0 Å². The molecular formula is C16H16Cl2N5O+. The molecule has 0 aliphatic rings. The Morgan fingerprint density at radius 1 is 1.21 bits per heavy atom. The second-order valence-corrected chi connectivity index (χ2v) is 5.86. The molecule has 0 saturated heterocycles. The Bertz CT molecular complexity index is 837. The van der Waals surface area contributed by atoms with Crippen LogP contribution >= 0.6 is 23.2 Å². The van der Waals surface area contributed by atoms with Gasteiger partial charge in [0.2, 0.25) is 5.82 Å². The van der Waals surface area contributed by atoms with E-state index < -0.39 is 0 Å². The summed E-state index contributed by atoms with van der Waals surface area (Å²) < 4.78 is 7.38. The van der Waals surface area contributed by atoms with Gasteiger partial charge >= 0.3 is 0 Å². The van der Waals surface area contributed by atoms with Gasteiger partial charge in [-0.1, -0.05) is 35.3 Å². The van der Waals surface area contributed by atoms with Gasteiger partial charge < -0.3 is 4.74 Å². The molecule has 0 saturated carbocycles. The summed E-state index contributed by atoms with van der Waals surface area (Å²) in [6.45, 7) is 3.02. The average molecular weight is 365 g/mol. The molecule has 2 heterocycles. The number of halogens is 2. The highest BCUT2D eigenvalue weighted by Crippen LogP contribution is 2.21. The van der Waals surface area contributed by atoms with Crippen LogP contribution < -0.4 is 10.1 Å². The molecule has 2 N–H and O–H groups in total. The van der Waals surface area contributed by atoms with Gasteiger partial charge in [-0.25, -0.2) is 9.67 Å². The number of rotatable bonds is 6. The minimum Gasteiger partial charge on any atom is -0.484 e. The van der Waals surface area contributed by atoms with Gasteiger partial charge in [0.05, 0.1) is 28.8 Å². The minimum absolute atomic E-state index is 0.494. The highest BCUT2D eigenvalue weighted by molar-refractivity contribution is 6.33. The van der Waals surface area contributed by atoms with Crippen LogP contribution in [0.2, 0.25) is 10.0 Å². The molecule has 0 aliphatic carbocycles. The van der Waals surface area contributed by atoms with Crippen LogP contribution in [0.15, 0.2) is 43.0 Å². The summed E-state index contributed by atoms with van der Waals surface area (Å²) in [5, 5.41) is 7.40. The summed E-state index contributed by atoms with van der Waals surface area (Å²) in [6.07, 6.45) is 4.95. The van der Waals surface area contributed by atoms with E-state index in [1.54, 1.807) is 17.1 Å². The fourth-order valence-electron chi connectivity index (χ4n) is 2.14. The zero-order chi connectivity index (χ0) is 16.9. The van der Waals surface area contributed by atoms with Crippen LogP contribution in [0, 0.1) is 6.92 Å². The normalized spacial score (nSPS) is 10.8. The number of hydrogen-bond acceptors (Lipinski definition) is 4. The minimum atomic E-state index is 0.494. The van der Waals surface area contributed by atoms with Crippen molar-refractivity contribution in [1.29, 1.82) is 0 Å².